The van der Waals surface area contributed by atoms with Gasteiger partial charge in [-0.05, 0) is 63.0 Å². The first-order valence-corrected chi connectivity index (χ1v) is 7.42. The van der Waals surface area contributed by atoms with Crippen molar-refractivity contribution >= 4 is 17.3 Å². The molecule has 0 radical (unpaired) electrons. The molecule has 2 aliphatic heterocycles. The average Bonchev–Trinajstić information content (AvgIpc) is 2.39. The second-order valence-electron chi connectivity index (χ2n) is 5.63. The van der Waals surface area contributed by atoms with Crippen LogP contribution in [-0.2, 0) is 0 Å². The maximum absolute atomic E-state index is 6.17. The molecule has 2 unspecified atom stereocenters. The van der Waals surface area contributed by atoms with Crippen LogP contribution in [0.4, 0.5) is 5.69 Å². The van der Waals surface area contributed by atoms with E-state index in [1.54, 1.807) is 0 Å². The maximum Gasteiger partial charge on any atom is 0.0410 e. The molecule has 0 amide bonds. The number of halogens is 1. The molecule has 0 spiro atoms. The first kappa shape index (κ1) is 12.3. The first-order valence-electron chi connectivity index (χ1n) is 7.04. The molecule has 1 aromatic carbocycles. The summed E-state index contributed by atoms with van der Waals surface area (Å²) in [5, 5.41) is 4.42. The summed E-state index contributed by atoms with van der Waals surface area (Å²) in [6.07, 6.45) is 5.26. The van der Waals surface area contributed by atoms with Crippen LogP contribution in [0.1, 0.15) is 44.2 Å². The quantitative estimate of drug-likeness (QED) is 0.823. The van der Waals surface area contributed by atoms with E-state index < -0.39 is 0 Å². The zero-order valence-corrected chi connectivity index (χ0v) is 11.7. The van der Waals surface area contributed by atoms with Crippen molar-refractivity contribution in [2.75, 3.05) is 18.4 Å². The molecule has 1 aromatic rings. The van der Waals surface area contributed by atoms with Gasteiger partial charge in [-0.25, -0.2) is 0 Å². The summed E-state index contributed by atoms with van der Waals surface area (Å²) in [7, 11) is 0. The van der Waals surface area contributed by atoms with Crippen LogP contribution < -0.4 is 5.32 Å². The highest BCUT2D eigenvalue weighted by molar-refractivity contribution is 6.30. The monoisotopic (exact) mass is 264 g/mol. The van der Waals surface area contributed by atoms with Crippen molar-refractivity contribution in [3.63, 3.8) is 0 Å². The fourth-order valence-corrected chi connectivity index (χ4v) is 3.48. The Morgan fingerprint density at radius 2 is 2.00 bits per heavy atom. The minimum Gasteiger partial charge on any atom is -0.382 e. The Morgan fingerprint density at radius 3 is 2.78 bits per heavy atom. The van der Waals surface area contributed by atoms with Crippen LogP contribution in [0, 0.1) is 0 Å². The SMILES string of the molecule is CC1CC(N2CCCCC2)c2cc(Cl)ccc2N1. The molecule has 0 aliphatic carbocycles. The van der Waals surface area contributed by atoms with Crippen LogP contribution in [0.25, 0.3) is 0 Å². The summed E-state index contributed by atoms with van der Waals surface area (Å²) in [4.78, 5) is 2.65. The lowest BCUT2D eigenvalue weighted by Crippen LogP contribution is -2.39. The van der Waals surface area contributed by atoms with Crippen LogP contribution in [0.5, 0.6) is 0 Å². The molecule has 3 heteroatoms. The highest BCUT2D eigenvalue weighted by Crippen LogP contribution is 2.38. The van der Waals surface area contributed by atoms with Crippen LogP contribution in [0.2, 0.25) is 5.02 Å². The number of likely N-dealkylation sites (tertiary alicyclic amines) is 1. The highest BCUT2D eigenvalue weighted by atomic mass is 35.5. The predicted octanol–water partition coefficient (Wildman–Crippen LogP) is 4.07. The summed E-state index contributed by atoms with van der Waals surface area (Å²) in [5.74, 6) is 0. The van der Waals surface area contributed by atoms with Gasteiger partial charge < -0.3 is 5.32 Å². The van der Waals surface area contributed by atoms with Gasteiger partial charge in [-0.2, -0.15) is 0 Å². The van der Waals surface area contributed by atoms with E-state index >= 15 is 0 Å². The van der Waals surface area contributed by atoms with E-state index in [0.717, 1.165) is 5.02 Å². The number of nitrogens with zero attached hydrogens (tertiary/aromatic N) is 1. The number of piperidine rings is 1. The third-order valence-electron chi connectivity index (χ3n) is 4.18. The third kappa shape index (κ3) is 2.36. The van der Waals surface area contributed by atoms with Gasteiger partial charge in [-0.15, -0.1) is 0 Å². The molecule has 2 nitrogen and oxygen atoms in total. The van der Waals surface area contributed by atoms with Crippen LogP contribution >= 0.6 is 11.6 Å². The Bertz CT molecular complexity index is 427. The molecular formula is C15H21ClN2. The summed E-state index contributed by atoms with van der Waals surface area (Å²) in [6, 6.07) is 7.36. The molecule has 2 heterocycles. The molecule has 2 aliphatic rings. The van der Waals surface area contributed by atoms with Crippen LogP contribution in [0.3, 0.4) is 0 Å². The first-order chi connectivity index (χ1) is 8.74. The van der Waals surface area contributed by atoms with Crippen LogP contribution in [0.15, 0.2) is 18.2 Å². The Kier molecular flexibility index (Phi) is 3.49. The third-order valence-corrected chi connectivity index (χ3v) is 4.42. The van der Waals surface area contributed by atoms with Crippen molar-refractivity contribution in [1.29, 1.82) is 0 Å². The second-order valence-corrected chi connectivity index (χ2v) is 6.06. The van der Waals surface area contributed by atoms with E-state index in [-0.39, 0.29) is 0 Å². The lowest BCUT2D eigenvalue weighted by molar-refractivity contribution is 0.149. The number of nitrogens with one attached hydrogen (secondary N) is 1. The highest BCUT2D eigenvalue weighted by Gasteiger charge is 2.29. The van der Waals surface area contributed by atoms with Crippen molar-refractivity contribution < 1.29 is 0 Å². The molecule has 0 bridgehead atoms. The minimum atomic E-state index is 0.547. The molecule has 0 saturated carbocycles. The van der Waals surface area contributed by atoms with Gasteiger partial charge in [0.15, 0.2) is 0 Å². The Balaban J connectivity index is 1.92. The number of hydrogen-bond acceptors (Lipinski definition) is 2. The van der Waals surface area contributed by atoms with Gasteiger partial charge in [0, 0.05) is 22.8 Å². The van der Waals surface area contributed by atoms with Crippen molar-refractivity contribution in [3.05, 3.63) is 28.8 Å². The molecule has 1 saturated heterocycles. The number of anilines is 1. The van der Waals surface area contributed by atoms with Crippen molar-refractivity contribution in [2.24, 2.45) is 0 Å². The van der Waals surface area contributed by atoms with Gasteiger partial charge in [0.2, 0.25) is 0 Å². The van der Waals surface area contributed by atoms with Gasteiger partial charge in [0.05, 0.1) is 0 Å². The minimum absolute atomic E-state index is 0.547. The molecule has 18 heavy (non-hydrogen) atoms. The predicted molar refractivity (Wildman–Crippen MR) is 77.3 cm³/mol. The van der Waals surface area contributed by atoms with E-state index in [1.807, 2.05) is 6.07 Å². The van der Waals surface area contributed by atoms with Gasteiger partial charge in [-0.3, -0.25) is 4.90 Å². The van der Waals surface area contributed by atoms with Gasteiger partial charge in [0.25, 0.3) is 0 Å². The number of hydrogen-bond donors (Lipinski definition) is 1. The largest absolute Gasteiger partial charge is 0.382 e. The molecule has 1 N–H and O–H groups in total. The maximum atomic E-state index is 6.17. The standard InChI is InChI=1S/C15H21ClN2/c1-11-9-15(18-7-3-2-4-8-18)13-10-12(16)5-6-14(13)17-11/h5-6,10-11,15,17H,2-4,7-9H2,1H3. The second kappa shape index (κ2) is 5.10. The lowest BCUT2D eigenvalue weighted by Gasteiger charge is -2.40. The normalized spacial score (nSPS) is 28.6. The molecular weight excluding hydrogens is 244 g/mol. The van der Waals surface area contributed by atoms with Crippen molar-refractivity contribution in [2.45, 2.75) is 44.7 Å². The zero-order chi connectivity index (χ0) is 12.5. The Labute approximate surface area is 114 Å². The van der Waals surface area contributed by atoms with Crippen molar-refractivity contribution in [3.8, 4) is 0 Å². The molecule has 98 valence electrons. The number of benzene rings is 1. The van der Waals surface area contributed by atoms with E-state index in [0.29, 0.717) is 12.1 Å². The van der Waals surface area contributed by atoms with Crippen molar-refractivity contribution in [1.82, 2.24) is 4.90 Å². The van der Waals surface area contributed by atoms with E-state index in [2.05, 4.69) is 29.3 Å². The van der Waals surface area contributed by atoms with E-state index in [9.17, 15) is 0 Å². The molecule has 2 atom stereocenters. The van der Waals surface area contributed by atoms with Crippen LogP contribution in [-0.4, -0.2) is 24.0 Å². The molecule has 1 fully saturated rings. The van der Waals surface area contributed by atoms with E-state index in [1.165, 1.54) is 50.0 Å². The van der Waals surface area contributed by atoms with Gasteiger partial charge in [0.1, 0.15) is 0 Å². The fraction of sp³-hybridized carbons (Fsp3) is 0.600. The summed E-state index contributed by atoms with van der Waals surface area (Å²) >= 11 is 6.17. The average molecular weight is 265 g/mol. The Morgan fingerprint density at radius 1 is 1.22 bits per heavy atom. The zero-order valence-electron chi connectivity index (χ0n) is 11.0. The smallest absolute Gasteiger partial charge is 0.0410 e. The molecule has 0 aromatic heterocycles. The lowest BCUT2D eigenvalue weighted by atomic mass is 9.91. The topological polar surface area (TPSA) is 15.3 Å². The van der Waals surface area contributed by atoms with Gasteiger partial charge in [-0.1, -0.05) is 18.0 Å². The van der Waals surface area contributed by atoms with Gasteiger partial charge >= 0.3 is 0 Å². The number of rotatable bonds is 1. The Hall–Kier alpha value is -0.730. The molecule has 3 rings (SSSR count). The summed E-state index contributed by atoms with van der Waals surface area (Å²) in [5.41, 5.74) is 2.66. The fourth-order valence-electron chi connectivity index (χ4n) is 3.30. The number of fused-ring (bicyclic) bond motifs is 1. The summed E-state index contributed by atoms with van der Waals surface area (Å²) < 4.78 is 0. The van der Waals surface area contributed by atoms with E-state index in [4.69, 9.17) is 11.6 Å². The summed E-state index contributed by atoms with van der Waals surface area (Å²) in [6.45, 7) is 4.75.